The Morgan fingerprint density at radius 1 is 1.00 bits per heavy atom. The highest BCUT2D eigenvalue weighted by atomic mass is 16.6. The highest BCUT2D eigenvalue weighted by molar-refractivity contribution is 5.95. The molecular formula is C27H27N3O3. The fraction of sp³-hybridized carbons (Fsp3) is 0.222. The maximum atomic E-state index is 13.0. The number of amides is 1. The van der Waals surface area contributed by atoms with Crippen molar-refractivity contribution in [2.45, 2.75) is 5.92 Å². The van der Waals surface area contributed by atoms with Crippen molar-refractivity contribution in [1.82, 2.24) is 10.3 Å². The lowest BCUT2D eigenvalue weighted by atomic mass is 9.90. The van der Waals surface area contributed by atoms with Crippen LogP contribution in [0.15, 0.2) is 72.9 Å². The van der Waals surface area contributed by atoms with E-state index in [9.17, 15) is 4.79 Å². The molecule has 0 saturated heterocycles. The van der Waals surface area contributed by atoms with Crippen molar-refractivity contribution in [3.05, 3.63) is 89.6 Å². The second-order valence-electron chi connectivity index (χ2n) is 8.40. The zero-order chi connectivity index (χ0) is 22.8. The van der Waals surface area contributed by atoms with Gasteiger partial charge in [0.05, 0.1) is 0 Å². The molecule has 1 amide bonds. The second-order valence-corrected chi connectivity index (χ2v) is 8.40. The minimum absolute atomic E-state index is 0.00137. The summed E-state index contributed by atoms with van der Waals surface area (Å²) in [5.74, 6) is 1.15. The van der Waals surface area contributed by atoms with Crippen molar-refractivity contribution >= 4 is 22.5 Å². The lowest BCUT2D eigenvalue weighted by Gasteiger charge is -2.21. The van der Waals surface area contributed by atoms with E-state index in [1.165, 1.54) is 0 Å². The Labute approximate surface area is 193 Å². The molecule has 6 heteroatoms. The number of H-pyrrole nitrogens is 1. The predicted octanol–water partition coefficient (Wildman–Crippen LogP) is 4.57. The largest absolute Gasteiger partial charge is 0.486 e. The molecule has 1 aliphatic heterocycles. The van der Waals surface area contributed by atoms with Crippen LogP contribution < -0.4 is 19.7 Å². The third-order valence-corrected chi connectivity index (χ3v) is 6.08. The van der Waals surface area contributed by atoms with Crippen LogP contribution in [-0.2, 0) is 0 Å². The van der Waals surface area contributed by atoms with E-state index in [0.29, 0.717) is 36.8 Å². The molecule has 1 atom stereocenters. The van der Waals surface area contributed by atoms with Crippen molar-refractivity contribution in [1.29, 1.82) is 0 Å². The van der Waals surface area contributed by atoms with Gasteiger partial charge in [0, 0.05) is 54.9 Å². The van der Waals surface area contributed by atoms with Crippen LogP contribution in [0.5, 0.6) is 11.5 Å². The topological polar surface area (TPSA) is 66.6 Å². The van der Waals surface area contributed by atoms with Crippen LogP contribution in [0.1, 0.15) is 27.4 Å². The highest BCUT2D eigenvalue weighted by Gasteiger charge is 2.21. The Balaban J connectivity index is 1.43. The summed E-state index contributed by atoms with van der Waals surface area (Å²) < 4.78 is 11.2. The lowest BCUT2D eigenvalue weighted by Crippen LogP contribution is -2.29. The summed E-state index contributed by atoms with van der Waals surface area (Å²) in [4.78, 5) is 18.5. The lowest BCUT2D eigenvalue weighted by molar-refractivity contribution is 0.0951. The average Bonchev–Trinajstić information content (AvgIpc) is 3.28. The number of nitrogens with zero attached hydrogens (tertiary/aromatic N) is 1. The molecule has 3 aromatic carbocycles. The fourth-order valence-corrected chi connectivity index (χ4v) is 4.28. The van der Waals surface area contributed by atoms with Gasteiger partial charge in [0.25, 0.3) is 5.91 Å². The zero-order valence-corrected chi connectivity index (χ0v) is 18.8. The van der Waals surface area contributed by atoms with E-state index in [2.05, 4.69) is 51.6 Å². The normalized spacial score (nSPS) is 13.5. The van der Waals surface area contributed by atoms with E-state index in [-0.39, 0.29) is 11.8 Å². The van der Waals surface area contributed by atoms with Gasteiger partial charge in [0.2, 0.25) is 0 Å². The smallest absolute Gasteiger partial charge is 0.251 e. The number of anilines is 1. The molecule has 0 bridgehead atoms. The van der Waals surface area contributed by atoms with E-state index < -0.39 is 0 Å². The van der Waals surface area contributed by atoms with Gasteiger partial charge < -0.3 is 24.7 Å². The van der Waals surface area contributed by atoms with Crippen molar-refractivity contribution in [2.24, 2.45) is 0 Å². The molecular weight excluding hydrogens is 414 g/mol. The second kappa shape index (κ2) is 8.90. The summed E-state index contributed by atoms with van der Waals surface area (Å²) in [5, 5.41) is 4.30. The molecule has 33 heavy (non-hydrogen) atoms. The van der Waals surface area contributed by atoms with Gasteiger partial charge in [-0.25, -0.2) is 0 Å². The number of benzene rings is 3. The van der Waals surface area contributed by atoms with Gasteiger partial charge in [-0.2, -0.15) is 0 Å². The minimum atomic E-state index is -0.137. The molecule has 1 aliphatic rings. The Bertz CT molecular complexity index is 1280. The Morgan fingerprint density at radius 3 is 2.55 bits per heavy atom. The SMILES string of the molecule is CN(C)c1ccc([C@H](CNC(=O)c2ccc3c(c2)OCCO3)c2c[nH]c3ccccc23)cc1. The number of hydrogen-bond acceptors (Lipinski definition) is 4. The molecule has 0 aliphatic carbocycles. The van der Waals surface area contributed by atoms with Gasteiger partial charge in [-0.1, -0.05) is 30.3 Å². The van der Waals surface area contributed by atoms with Crippen molar-refractivity contribution in [3.63, 3.8) is 0 Å². The number of nitrogens with one attached hydrogen (secondary N) is 2. The molecule has 0 radical (unpaired) electrons. The van der Waals surface area contributed by atoms with Crippen LogP contribution in [0.2, 0.25) is 0 Å². The number of rotatable bonds is 6. The summed E-state index contributed by atoms with van der Waals surface area (Å²) in [6.45, 7) is 1.48. The molecule has 0 saturated carbocycles. The number of aromatic amines is 1. The van der Waals surface area contributed by atoms with Gasteiger partial charge >= 0.3 is 0 Å². The van der Waals surface area contributed by atoms with Crippen molar-refractivity contribution in [2.75, 3.05) is 38.8 Å². The number of hydrogen-bond donors (Lipinski definition) is 2. The number of carbonyl (C=O) groups is 1. The maximum absolute atomic E-state index is 13.0. The van der Waals surface area contributed by atoms with Crippen LogP contribution in [0, 0.1) is 0 Å². The standard InChI is InChI=1S/C27H27N3O3/c1-30(2)20-10-7-18(8-11-20)22(23-17-28-24-6-4-3-5-21(23)24)16-29-27(31)19-9-12-25-26(15-19)33-14-13-32-25/h3-12,15,17,22,28H,13-14,16H2,1-2H3,(H,29,31)/t22-/m0/s1. The van der Waals surface area contributed by atoms with Gasteiger partial charge in [0.15, 0.2) is 11.5 Å². The van der Waals surface area contributed by atoms with Gasteiger partial charge in [-0.3, -0.25) is 4.79 Å². The zero-order valence-electron chi connectivity index (χ0n) is 18.8. The van der Waals surface area contributed by atoms with E-state index >= 15 is 0 Å². The first kappa shape index (κ1) is 20.9. The molecule has 6 nitrogen and oxygen atoms in total. The predicted molar refractivity (Wildman–Crippen MR) is 131 cm³/mol. The Morgan fingerprint density at radius 2 is 1.76 bits per heavy atom. The molecule has 5 rings (SSSR count). The Kier molecular flexibility index (Phi) is 5.65. The molecule has 0 spiro atoms. The number of carbonyl (C=O) groups excluding carboxylic acids is 1. The summed E-state index contributed by atoms with van der Waals surface area (Å²) in [5.41, 5.74) is 5.08. The molecule has 0 fully saturated rings. The first-order valence-corrected chi connectivity index (χ1v) is 11.1. The minimum Gasteiger partial charge on any atom is -0.486 e. The van der Waals surface area contributed by atoms with Gasteiger partial charge in [-0.05, 0) is 47.5 Å². The monoisotopic (exact) mass is 441 g/mol. The van der Waals surface area contributed by atoms with Crippen molar-refractivity contribution < 1.29 is 14.3 Å². The number of aromatic nitrogens is 1. The van der Waals surface area contributed by atoms with Crippen LogP contribution >= 0.6 is 0 Å². The van der Waals surface area contributed by atoms with Crippen LogP contribution in [0.3, 0.4) is 0 Å². The molecule has 4 aromatic rings. The van der Waals surface area contributed by atoms with E-state index in [4.69, 9.17) is 9.47 Å². The molecule has 2 heterocycles. The Hall–Kier alpha value is -3.93. The van der Waals surface area contributed by atoms with Crippen LogP contribution in [0.25, 0.3) is 10.9 Å². The summed E-state index contributed by atoms with van der Waals surface area (Å²) >= 11 is 0. The number of fused-ring (bicyclic) bond motifs is 2. The van der Waals surface area contributed by atoms with Crippen LogP contribution in [-0.4, -0.2) is 44.7 Å². The molecule has 1 aromatic heterocycles. The first-order chi connectivity index (χ1) is 16.1. The van der Waals surface area contributed by atoms with Crippen molar-refractivity contribution in [3.8, 4) is 11.5 Å². The molecule has 168 valence electrons. The summed E-state index contributed by atoms with van der Waals surface area (Å²) in [7, 11) is 4.05. The fourth-order valence-electron chi connectivity index (χ4n) is 4.28. The summed E-state index contributed by atoms with van der Waals surface area (Å²) in [6.07, 6.45) is 2.05. The molecule has 2 N–H and O–H groups in total. The number of ether oxygens (including phenoxy) is 2. The molecule has 0 unspecified atom stereocenters. The first-order valence-electron chi connectivity index (χ1n) is 11.1. The van der Waals surface area contributed by atoms with Gasteiger partial charge in [-0.15, -0.1) is 0 Å². The van der Waals surface area contributed by atoms with Gasteiger partial charge in [0.1, 0.15) is 13.2 Å². The maximum Gasteiger partial charge on any atom is 0.251 e. The highest BCUT2D eigenvalue weighted by Crippen LogP contribution is 2.33. The van der Waals surface area contributed by atoms with E-state index in [1.54, 1.807) is 18.2 Å². The summed E-state index contributed by atoms with van der Waals surface area (Å²) in [6, 6.07) is 22.1. The third kappa shape index (κ3) is 4.24. The van der Waals surface area contributed by atoms with E-state index in [1.807, 2.05) is 32.4 Å². The number of para-hydroxylation sites is 1. The van der Waals surface area contributed by atoms with Crippen LogP contribution in [0.4, 0.5) is 5.69 Å². The third-order valence-electron chi connectivity index (χ3n) is 6.08. The van der Waals surface area contributed by atoms with E-state index in [0.717, 1.165) is 27.7 Å². The quantitative estimate of drug-likeness (QED) is 0.460. The average molecular weight is 442 g/mol.